The van der Waals surface area contributed by atoms with E-state index >= 15 is 0 Å². The minimum Gasteiger partial charge on any atom is -0.479 e. The van der Waals surface area contributed by atoms with E-state index in [-0.39, 0.29) is 45.2 Å². The highest BCUT2D eigenvalue weighted by atomic mass is 16.6. The molecule has 4 saturated carbocycles. The SMILES string of the molecule is CC1(C)CC(O)C2(C)CCC3(C)C(=CCC4C5(C)CCC(O)C(C)(CO)C5CCC43C)C2C1.O=C(O)C1OC(O)C(O)C(O)C1O. The van der Waals surface area contributed by atoms with E-state index in [4.69, 9.17) is 25.5 Å². The summed E-state index contributed by atoms with van der Waals surface area (Å²) in [5.74, 6) is -0.0758. The number of aliphatic hydroxyl groups is 7. The molecule has 46 heavy (non-hydrogen) atoms. The standard InChI is InChI=1S/C30H50O3.C6H10O7/c1-25(2)16-20-19-8-9-22-27(4)12-11-23(32)28(5,18-31)21(27)10-13-30(22,7)29(19,6)15-14-26(20,3)24(33)17-25;7-1-2(8)4(5(10)11)13-6(12)3(1)9/h8,20-24,31-33H,9-18H2,1-7H3;1-4,6-9,12H,(H,10,11). The number of carboxylic acid groups (broad SMARTS) is 1. The number of hydrogen-bond donors (Lipinski definition) is 8. The van der Waals surface area contributed by atoms with Crippen LogP contribution in [0.1, 0.15) is 106 Å². The van der Waals surface area contributed by atoms with Crippen molar-refractivity contribution in [2.75, 3.05) is 6.61 Å². The Labute approximate surface area is 273 Å². The van der Waals surface area contributed by atoms with Crippen molar-refractivity contribution in [2.24, 2.45) is 50.2 Å². The third-order valence-electron chi connectivity index (χ3n) is 15.1. The largest absolute Gasteiger partial charge is 0.479 e. The van der Waals surface area contributed by atoms with Crippen LogP contribution in [-0.4, -0.2) is 96.3 Å². The Hall–Kier alpha value is -1.11. The molecule has 6 rings (SSSR count). The summed E-state index contributed by atoms with van der Waals surface area (Å²) in [6.45, 7) is 17.0. The first-order chi connectivity index (χ1) is 21.1. The van der Waals surface area contributed by atoms with Crippen molar-refractivity contribution < 1.29 is 50.4 Å². The topological polar surface area (TPSA) is 188 Å². The zero-order valence-electron chi connectivity index (χ0n) is 28.8. The molecule has 15 atom stereocenters. The number of fused-ring (bicyclic) bond motifs is 7. The van der Waals surface area contributed by atoms with Crippen LogP contribution in [0.3, 0.4) is 0 Å². The molecule has 0 radical (unpaired) electrons. The molecule has 5 aliphatic carbocycles. The second kappa shape index (κ2) is 11.8. The van der Waals surface area contributed by atoms with Gasteiger partial charge in [-0.3, -0.25) is 0 Å². The summed E-state index contributed by atoms with van der Waals surface area (Å²) in [7, 11) is 0. The Bertz CT molecular complexity index is 1210. The van der Waals surface area contributed by atoms with Gasteiger partial charge in [0.15, 0.2) is 12.4 Å². The maximum Gasteiger partial charge on any atom is 0.335 e. The van der Waals surface area contributed by atoms with Crippen LogP contribution in [0.5, 0.6) is 0 Å². The molecule has 0 amide bonds. The third-order valence-corrected chi connectivity index (χ3v) is 15.1. The Morgan fingerprint density at radius 2 is 1.43 bits per heavy atom. The molecular weight excluding hydrogens is 592 g/mol. The van der Waals surface area contributed by atoms with E-state index in [1.807, 2.05) is 0 Å². The first kappa shape index (κ1) is 36.2. The van der Waals surface area contributed by atoms with Gasteiger partial charge in [0, 0.05) is 10.8 Å². The number of allylic oxidation sites excluding steroid dienone is 2. The van der Waals surface area contributed by atoms with Gasteiger partial charge in [-0.15, -0.1) is 0 Å². The van der Waals surface area contributed by atoms with E-state index in [1.165, 1.54) is 19.3 Å². The number of carbonyl (C=O) groups is 1. The number of rotatable bonds is 2. The molecule has 10 nitrogen and oxygen atoms in total. The predicted octanol–water partition coefficient (Wildman–Crippen LogP) is 2.98. The van der Waals surface area contributed by atoms with E-state index in [9.17, 15) is 20.1 Å². The van der Waals surface area contributed by atoms with Crippen molar-refractivity contribution in [1.82, 2.24) is 0 Å². The Kier molecular flexibility index (Phi) is 9.24. The van der Waals surface area contributed by atoms with Gasteiger partial charge < -0.3 is 45.6 Å². The van der Waals surface area contributed by atoms with Crippen molar-refractivity contribution in [3.05, 3.63) is 11.6 Å². The van der Waals surface area contributed by atoms with E-state index in [0.29, 0.717) is 17.8 Å². The van der Waals surface area contributed by atoms with Crippen molar-refractivity contribution in [3.8, 4) is 0 Å². The first-order valence-electron chi connectivity index (χ1n) is 17.4. The molecule has 0 spiro atoms. The van der Waals surface area contributed by atoms with Crippen molar-refractivity contribution in [3.63, 3.8) is 0 Å². The van der Waals surface area contributed by atoms with Crippen LogP contribution < -0.4 is 0 Å². The summed E-state index contributed by atoms with van der Waals surface area (Å²) in [4.78, 5) is 10.4. The molecule has 6 aliphatic rings. The van der Waals surface area contributed by atoms with E-state index < -0.39 is 42.8 Å². The number of aliphatic hydroxyl groups excluding tert-OH is 7. The lowest BCUT2D eigenvalue weighted by molar-refractivity contribution is -0.279. The number of ether oxygens (including phenoxy) is 1. The fraction of sp³-hybridized carbons (Fsp3) is 0.917. The van der Waals surface area contributed by atoms with E-state index in [0.717, 1.165) is 38.5 Å². The van der Waals surface area contributed by atoms with Gasteiger partial charge in [0.25, 0.3) is 0 Å². The minimum absolute atomic E-state index is 0.00950. The molecule has 264 valence electrons. The van der Waals surface area contributed by atoms with Gasteiger partial charge in [0.05, 0.1) is 18.8 Å². The summed E-state index contributed by atoms with van der Waals surface area (Å²) in [6, 6.07) is 0. The van der Waals surface area contributed by atoms with E-state index in [2.05, 4.69) is 59.3 Å². The van der Waals surface area contributed by atoms with Crippen LogP contribution >= 0.6 is 0 Å². The fourth-order valence-corrected chi connectivity index (χ4v) is 11.8. The summed E-state index contributed by atoms with van der Waals surface area (Å²) in [6.07, 6.45) is 3.02. The van der Waals surface area contributed by atoms with Crippen molar-refractivity contribution >= 4 is 5.97 Å². The van der Waals surface area contributed by atoms with Crippen LogP contribution in [0.15, 0.2) is 11.6 Å². The molecule has 5 fully saturated rings. The summed E-state index contributed by atoms with van der Waals surface area (Å²) in [5, 5.41) is 77.0. The lowest BCUT2D eigenvalue weighted by Gasteiger charge is -2.71. The summed E-state index contributed by atoms with van der Waals surface area (Å²) in [5.41, 5.74) is 2.04. The van der Waals surface area contributed by atoms with Gasteiger partial charge in [0.2, 0.25) is 0 Å². The Balaban J connectivity index is 0.000000270. The predicted molar refractivity (Wildman–Crippen MR) is 170 cm³/mol. The number of hydrogen-bond acceptors (Lipinski definition) is 9. The third kappa shape index (κ3) is 5.15. The van der Waals surface area contributed by atoms with Gasteiger partial charge in [0.1, 0.15) is 18.3 Å². The number of aliphatic carboxylic acids is 1. The summed E-state index contributed by atoms with van der Waals surface area (Å²) < 4.78 is 4.34. The maximum atomic E-state index is 11.3. The van der Waals surface area contributed by atoms with E-state index in [1.54, 1.807) is 5.57 Å². The van der Waals surface area contributed by atoms with Crippen LogP contribution in [0.2, 0.25) is 0 Å². The van der Waals surface area contributed by atoms with Gasteiger partial charge in [-0.05, 0) is 97.2 Å². The Morgan fingerprint density at radius 1 is 0.783 bits per heavy atom. The molecule has 10 heteroatoms. The molecule has 8 N–H and O–H groups in total. The zero-order chi connectivity index (χ0) is 34.4. The quantitative estimate of drug-likeness (QED) is 0.206. The first-order valence-corrected chi connectivity index (χ1v) is 17.4. The molecule has 1 heterocycles. The molecule has 1 aliphatic heterocycles. The van der Waals surface area contributed by atoms with Gasteiger partial charge >= 0.3 is 5.97 Å². The molecule has 1 saturated heterocycles. The minimum atomic E-state index is -1.81. The monoisotopic (exact) mass is 652 g/mol. The van der Waals surface area contributed by atoms with Gasteiger partial charge in [-0.25, -0.2) is 4.79 Å². The highest BCUT2D eigenvalue weighted by Gasteiger charge is 2.69. The van der Waals surface area contributed by atoms with Gasteiger partial charge in [-0.2, -0.15) is 0 Å². The molecule has 15 unspecified atom stereocenters. The zero-order valence-corrected chi connectivity index (χ0v) is 28.8. The lowest BCUT2D eigenvalue weighted by Crippen LogP contribution is -2.66. The average Bonchev–Trinajstić information content (AvgIpc) is 2.97. The van der Waals surface area contributed by atoms with Crippen molar-refractivity contribution in [2.45, 2.75) is 149 Å². The molecule has 0 aromatic rings. The van der Waals surface area contributed by atoms with Crippen LogP contribution in [-0.2, 0) is 9.53 Å². The van der Waals surface area contributed by atoms with Crippen LogP contribution in [0, 0.1) is 50.2 Å². The smallest absolute Gasteiger partial charge is 0.335 e. The highest BCUT2D eigenvalue weighted by molar-refractivity contribution is 5.73. The van der Waals surface area contributed by atoms with Crippen LogP contribution in [0.4, 0.5) is 0 Å². The molecule has 0 bridgehead atoms. The fourth-order valence-electron chi connectivity index (χ4n) is 11.8. The Morgan fingerprint density at radius 3 is 2.04 bits per heavy atom. The molecular formula is C36H60O10. The second-order valence-corrected chi connectivity index (χ2v) is 17.9. The average molecular weight is 653 g/mol. The lowest BCUT2D eigenvalue weighted by atomic mass is 9.33. The maximum absolute atomic E-state index is 11.3. The molecule has 0 aromatic carbocycles. The highest BCUT2D eigenvalue weighted by Crippen LogP contribution is 2.75. The molecule has 0 aromatic heterocycles. The van der Waals surface area contributed by atoms with Crippen LogP contribution in [0.25, 0.3) is 0 Å². The van der Waals surface area contributed by atoms with Crippen molar-refractivity contribution in [1.29, 1.82) is 0 Å². The normalized spacial score (nSPS) is 54.4. The summed E-state index contributed by atoms with van der Waals surface area (Å²) >= 11 is 0. The second-order valence-electron chi connectivity index (χ2n) is 17.9. The number of carboxylic acids is 1. The van der Waals surface area contributed by atoms with Gasteiger partial charge in [-0.1, -0.05) is 60.1 Å².